The Morgan fingerprint density at radius 1 is 1.21 bits per heavy atom. The van der Waals surface area contributed by atoms with Gasteiger partial charge in [0.05, 0.1) is 13.7 Å². The fourth-order valence-corrected chi connectivity index (χ4v) is 1.96. The summed E-state index contributed by atoms with van der Waals surface area (Å²) in [5.41, 5.74) is 2.26. The number of nitrogens with one attached hydrogen (secondary N) is 1. The topological polar surface area (TPSA) is 34.4 Å². The maximum Gasteiger partial charge on any atom is 0.134 e. The van der Waals surface area contributed by atoms with Crippen molar-refractivity contribution in [3.63, 3.8) is 0 Å². The Labute approximate surface area is 114 Å². The van der Waals surface area contributed by atoms with E-state index in [1.54, 1.807) is 7.11 Å². The lowest BCUT2D eigenvalue weighted by molar-refractivity contribution is 0.414. The van der Waals surface area contributed by atoms with Gasteiger partial charge in [0.25, 0.3) is 0 Å². The van der Waals surface area contributed by atoms with Crippen LogP contribution in [0.1, 0.15) is 25.2 Å². The molecule has 19 heavy (non-hydrogen) atoms. The molecular formula is C16H21NO2. The van der Waals surface area contributed by atoms with Crippen molar-refractivity contribution >= 4 is 0 Å². The molecule has 0 spiro atoms. The Morgan fingerprint density at radius 2 is 2.00 bits per heavy atom. The van der Waals surface area contributed by atoms with E-state index in [2.05, 4.69) is 26.1 Å². The van der Waals surface area contributed by atoms with Crippen molar-refractivity contribution in [1.82, 2.24) is 5.32 Å². The Morgan fingerprint density at radius 3 is 2.63 bits per heavy atom. The van der Waals surface area contributed by atoms with Crippen LogP contribution in [-0.4, -0.2) is 13.2 Å². The molecule has 1 N–H and O–H groups in total. The van der Waals surface area contributed by atoms with Gasteiger partial charge in [0.15, 0.2) is 0 Å². The van der Waals surface area contributed by atoms with E-state index in [9.17, 15) is 0 Å². The number of aryl methyl sites for hydroxylation is 1. The number of ether oxygens (including phenoxy) is 1. The number of methoxy groups -OCH3 is 1. The standard InChI is InChI=1S/C16H21NO2/c1-11(2)17-10-14-6-8-16(19-14)15-7-5-13(18-4)9-12(15)3/h5-9,11,17H,10H2,1-4H3. The van der Waals surface area contributed by atoms with Crippen molar-refractivity contribution < 1.29 is 9.15 Å². The quantitative estimate of drug-likeness (QED) is 0.887. The van der Waals surface area contributed by atoms with Gasteiger partial charge in [-0.25, -0.2) is 0 Å². The van der Waals surface area contributed by atoms with Crippen LogP contribution in [-0.2, 0) is 6.54 Å². The zero-order valence-corrected chi connectivity index (χ0v) is 12.0. The first kappa shape index (κ1) is 13.7. The summed E-state index contributed by atoms with van der Waals surface area (Å²) in [5, 5.41) is 3.35. The fraction of sp³-hybridized carbons (Fsp3) is 0.375. The van der Waals surface area contributed by atoms with Crippen LogP contribution in [0.5, 0.6) is 5.75 Å². The molecule has 0 radical (unpaired) electrons. The predicted molar refractivity (Wildman–Crippen MR) is 77.4 cm³/mol. The monoisotopic (exact) mass is 259 g/mol. The minimum Gasteiger partial charge on any atom is -0.497 e. The summed E-state index contributed by atoms with van der Waals surface area (Å²) in [6.45, 7) is 7.06. The molecule has 1 aromatic heterocycles. The zero-order valence-electron chi connectivity index (χ0n) is 12.0. The Bertz CT molecular complexity index is 543. The van der Waals surface area contributed by atoms with Crippen LogP contribution in [0.2, 0.25) is 0 Å². The highest BCUT2D eigenvalue weighted by Gasteiger charge is 2.08. The van der Waals surface area contributed by atoms with Gasteiger partial charge in [0, 0.05) is 11.6 Å². The number of benzene rings is 1. The van der Waals surface area contributed by atoms with Gasteiger partial charge in [0.1, 0.15) is 17.3 Å². The van der Waals surface area contributed by atoms with E-state index in [1.165, 1.54) is 0 Å². The first-order chi connectivity index (χ1) is 9.10. The molecular weight excluding hydrogens is 238 g/mol. The molecule has 0 aliphatic carbocycles. The Kier molecular flexibility index (Phi) is 4.27. The van der Waals surface area contributed by atoms with Gasteiger partial charge in [0.2, 0.25) is 0 Å². The molecule has 1 heterocycles. The molecule has 1 aromatic carbocycles. The molecule has 2 rings (SSSR count). The molecule has 0 fully saturated rings. The molecule has 0 bridgehead atoms. The second-order valence-electron chi connectivity index (χ2n) is 4.98. The van der Waals surface area contributed by atoms with E-state index < -0.39 is 0 Å². The summed E-state index contributed by atoms with van der Waals surface area (Å²) < 4.78 is 11.1. The molecule has 102 valence electrons. The molecule has 0 unspecified atom stereocenters. The van der Waals surface area contributed by atoms with Crippen LogP contribution in [0.25, 0.3) is 11.3 Å². The predicted octanol–water partition coefficient (Wildman–Crippen LogP) is 3.76. The van der Waals surface area contributed by atoms with Gasteiger partial charge in [-0.3, -0.25) is 0 Å². The third-order valence-electron chi connectivity index (χ3n) is 3.05. The van der Waals surface area contributed by atoms with E-state index in [0.29, 0.717) is 6.04 Å². The van der Waals surface area contributed by atoms with Crippen LogP contribution in [0.3, 0.4) is 0 Å². The highest BCUT2D eigenvalue weighted by Crippen LogP contribution is 2.28. The van der Waals surface area contributed by atoms with Crippen molar-refractivity contribution in [3.05, 3.63) is 41.7 Å². The first-order valence-corrected chi connectivity index (χ1v) is 6.57. The lowest BCUT2D eigenvalue weighted by atomic mass is 10.1. The average molecular weight is 259 g/mol. The normalized spacial score (nSPS) is 11.0. The molecule has 0 amide bonds. The van der Waals surface area contributed by atoms with Gasteiger partial charge in [-0.2, -0.15) is 0 Å². The van der Waals surface area contributed by atoms with Crippen LogP contribution in [0.4, 0.5) is 0 Å². The molecule has 0 aliphatic rings. The van der Waals surface area contributed by atoms with Crippen LogP contribution >= 0.6 is 0 Å². The minimum absolute atomic E-state index is 0.455. The van der Waals surface area contributed by atoms with Gasteiger partial charge < -0.3 is 14.5 Å². The zero-order chi connectivity index (χ0) is 13.8. The largest absolute Gasteiger partial charge is 0.497 e. The van der Waals surface area contributed by atoms with Crippen LogP contribution in [0.15, 0.2) is 34.7 Å². The molecule has 2 aromatic rings. The highest BCUT2D eigenvalue weighted by molar-refractivity contribution is 5.63. The van der Waals surface area contributed by atoms with Crippen molar-refractivity contribution in [2.45, 2.75) is 33.4 Å². The average Bonchev–Trinajstić information content (AvgIpc) is 2.84. The minimum atomic E-state index is 0.455. The van der Waals surface area contributed by atoms with Gasteiger partial charge in [-0.05, 0) is 42.8 Å². The Balaban J connectivity index is 2.18. The third-order valence-corrected chi connectivity index (χ3v) is 3.05. The van der Waals surface area contributed by atoms with Crippen molar-refractivity contribution in [1.29, 1.82) is 0 Å². The van der Waals surface area contributed by atoms with E-state index in [4.69, 9.17) is 9.15 Å². The summed E-state index contributed by atoms with van der Waals surface area (Å²) >= 11 is 0. The molecule has 0 aliphatic heterocycles. The summed E-state index contributed by atoms with van der Waals surface area (Å²) in [7, 11) is 1.68. The van der Waals surface area contributed by atoms with Crippen molar-refractivity contribution in [2.75, 3.05) is 7.11 Å². The van der Waals surface area contributed by atoms with E-state index in [0.717, 1.165) is 34.9 Å². The van der Waals surface area contributed by atoms with Crippen LogP contribution in [0, 0.1) is 6.92 Å². The van der Waals surface area contributed by atoms with E-state index >= 15 is 0 Å². The summed E-state index contributed by atoms with van der Waals surface area (Å²) in [4.78, 5) is 0. The summed E-state index contributed by atoms with van der Waals surface area (Å²) in [6.07, 6.45) is 0. The maximum atomic E-state index is 5.87. The third kappa shape index (κ3) is 3.38. The van der Waals surface area contributed by atoms with E-state index in [1.807, 2.05) is 30.3 Å². The second-order valence-corrected chi connectivity index (χ2v) is 4.98. The summed E-state index contributed by atoms with van der Waals surface area (Å²) in [5.74, 6) is 2.73. The van der Waals surface area contributed by atoms with Gasteiger partial charge in [-0.1, -0.05) is 13.8 Å². The van der Waals surface area contributed by atoms with Gasteiger partial charge in [-0.15, -0.1) is 0 Å². The number of rotatable bonds is 5. The fourth-order valence-electron chi connectivity index (χ4n) is 1.96. The number of hydrogen-bond donors (Lipinski definition) is 1. The summed E-state index contributed by atoms with van der Waals surface area (Å²) in [6, 6.07) is 10.5. The first-order valence-electron chi connectivity index (χ1n) is 6.57. The van der Waals surface area contributed by atoms with Crippen molar-refractivity contribution in [2.24, 2.45) is 0 Å². The smallest absolute Gasteiger partial charge is 0.134 e. The molecule has 0 atom stereocenters. The molecule has 3 heteroatoms. The van der Waals surface area contributed by atoms with E-state index in [-0.39, 0.29) is 0 Å². The molecule has 0 saturated carbocycles. The number of hydrogen-bond acceptors (Lipinski definition) is 3. The van der Waals surface area contributed by atoms with Crippen molar-refractivity contribution in [3.8, 4) is 17.1 Å². The second kappa shape index (κ2) is 5.93. The molecule has 0 saturated heterocycles. The molecule has 3 nitrogen and oxygen atoms in total. The lowest BCUT2D eigenvalue weighted by Crippen LogP contribution is -2.21. The SMILES string of the molecule is COc1ccc(-c2ccc(CNC(C)C)o2)c(C)c1. The van der Waals surface area contributed by atoms with Crippen LogP contribution < -0.4 is 10.1 Å². The lowest BCUT2D eigenvalue weighted by Gasteiger charge is -2.07. The van der Waals surface area contributed by atoms with Gasteiger partial charge >= 0.3 is 0 Å². The maximum absolute atomic E-state index is 5.87. The Hall–Kier alpha value is -1.74. The number of furan rings is 1. The highest BCUT2D eigenvalue weighted by atomic mass is 16.5.